The average molecular weight is 430 g/mol. The summed E-state index contributed by atoms with van der Waals surface area (Å²) in [5.74, 6) is 0.404. The first-order valence-electron chi connectivity index (χ1n) is 9.93. The van der Waals surface area contributed by atoms with Crippen LogP contribution in [0.1, 0.15) is 35.8 Å². The van der Waals surface area contributed by atoms with Gasteiger partial charge in [0.25, 0.3) is 0 Å². The van der Waals surface area contributed by atoms with Crippen LogP contribution < -0.4 is 5.32 Å². The van der Waals surface area contributed by atoms with Crippen LogP contribution in [0.15, 0.2) is 52.9 Å². The highest BCUT2D eigenvalue weighted by Crippen LogP contribution is 2.32. The van der Waals surface area contributed by atoms with Gasteiger partial charge < -0.3 is 14.6 Å². The molecule has 0 radical (unpaired) electrons. The van der Waals surface area contributed by atoms with Gasteiger partial charge in [-0.25, -0.2) is 4.79 Å². The summed E-state index contributed by atoms with van der Waals surface area (Å²) in [4.78, 5) is 14.3. The first kappa shape index (κ1) is 20.9. The van der Waals surface area contributed by atoms with Crippen LogP contribution >= 0.6 is 0 Å². The van der Waals surface area contributed by atoms with E-state index in [1.54, 1.807) is 4.90 Å². The van der Waals surface area contributed by atoms with Gasteiger partial charge in [-0.05, 0) is 56.2 Å². The van der Waals surface area contributed by atoms with E-state index in [1.165, 1.54) is 12.1 Å². The number of aryl methyl sites for hydroxylation is 1. The molecule has 0 bridgehead atoms. The molecule has 0 saturated carbocycles. The van der Waals surface area contributed by atoms with Crippen LogP contribution in [0.5, 0.6) is 0 Å². The van der Waals surface area contributed by atoms with Gasteiger partial charge >= 0.3 is 12.2 Å². The number of aromatic nitrogens is 2. The number of urea groups is 1. The van der Waals surface area contributed by atoms with Crippen LogP contribution in [-0.2, 0) is 6.18 Å². The molecular formula is C22H21F3N4O2. The largest absolute Gasteiger partial charge is 0.420 e. The predicted octanol–water partition coefficient (Wildman–Crippen LogP) is 5.48. The number of piperidine rings is 1. The Bertz CT molecular complexity index is 1050. The summed E-state index contributed by atoms with van der Waals surface area (Å²) in [5, 5.41) is 10.9. The topological polar surface area (TPSA) is 71.3 Å². The number of nitrogens with zero attached hydrogens (tertiary/aromatic N) is 3. The van der Waals surface area contributed by atoms with E-state index in [0.717, 1.165) is 36.2 Å². The van der Waals surface area contributed by atoms with E-state index >= 15 is 0 Å². The van der Waals surface area contributed by atoms with E-state index in [2.05, 4.69) is 15.5 Å². The third-order valence-electron chi connectivity index (χ3n) is 5.26. The molecule has 3 aromatic rings. The molecule has 1 fully saturated rings. The van der Waals surface area contributed by atoms with Crippen molar-refractivity contribution in [2.24, 2.45) is 0 Å². The van der Waals surface area contributed by atoms with E-state index in [4.69, 9.17) is 4.42 Å². The first-order chi connectivity index (χ1) is 14.8. The van der Waals surface area contributed by atoms with Gasteiger partial charge in [-0.15, -0.1) is 10.2 Å². The van der Waals surface area contributed by atoms with Crippen LogP contribution in [0.3, 0.4) is 0 Å². The van der Waals surface area contributed by atoms with Gasteiger partial charge in [0.2, 0.25) is 11.8 Å². The van der Waals surface area contributed by atoms with Gasteiger partial charge in [0.1, 0.15) is 0 Å². The van der Waals surface area contributed by atoms with Crippen molar-refractivity contribution < 1.29 is 22.4 Å². The number of likely N-dealkylation sites (tertiary alicyclic amines) is 1. The fraction of sp³-hybridized carbons (Fsp3) is 0.318. The normalized spacial score (nSPS) is 16.9. The van der Waals surface area contributed by atoms with E-state index in [1.807, 2.05) is 31.2 Å². The molecule has 1 unspecified atom stereocenters. The lowest BCUT2D eigenvalue weighted by molar-refractivity contribution is -0.137. The number of hydrogen-bond acceptors (Lipinski definition) is 4. The standard InChI is InChI=1S/C22H21F3N4O2/c1-14-4-10-18(11-5-14)26-21(30)29-12-2-3-16(13-29)20-28-27-19(31-20)15-6-8-17(9-7-15)22(23,24)25/h4-11,16H,2-3,12-13H2,1H3,(H,26,30). The summed E-state index contributed by atoms with van der Waals surface area (Å²) in [7, 11) is 0. The number of hydrogen-bond donors (Lipinski definition) is 1. The Labute approximate surface area is 177 Å². The first-order valence-corrected chi connectivity index (χ1v) is 9.93. The molecular weight excluding hydrogens is 409 g/mol. The minimum Gasteiger partial charge on any atom is -0.420 e. The molecule has 4 rings (SSSR count). The zero-order chi connectivity index (χ0) is 22.0. The van der Waals surface area contributed by atoms with Gasteiger partial charge in [0, 0.05) is 24.3 Å². The van der Waals surface area contributed by atoms with Crippen LogP contribution in [0.2, 0.25) is 0 Å². The summed E-state index contributed by atoms with van der Waals surface area (Å²) in [5.41, 5.74) is 1.51. The van der Waals surface area contributed by atoms with E-state index in [-0.39, 0.29) is 17.8 Å². The van der Waals surface area contributed by atoms with Crippen molar-refractivity contribution >= 4 is 11.7 Å². The lowest BCUT2D eigenvalue weighted by Gasteiger charge is -2.31. The smallest absolute Gasteiger partial charge is 0.416 e. The summed E-state index contributed by atoms with van der Waals surface area (Å²) < 4.78 is 43.9. The van der Waals surface area contributed by atoms with Crippen molar-refractivity contribution in [2.75, 3.05) is 18.4 Å². The predicted molar refractivity (Wildman–Crippen MR) is 108 cm³/mol. The SMILES string of the molecule is Cc1ccc(NC(=O)N2CCCC(c3nnc(-c4ccc(C(F)(F)F)cc4)o3)C2)cc1. The molecule has 2 amide bonds. The summed E-state index contributed by atoms with van der Waals surface area (Å²) >= 11 is 0. The van der Waals surface area contributed by atoms with Crippen LogP contribution in [-0.4, -0.2) is 34.2 Å². The second-order valence-corrected chi connectivity index (χ2v) is 7.60. The maximum Gasteiger partial charge on any atom is 0.416 e. The quantitative estimate of drug-likeness (QED) is 0.598. The van der Waals surface area contributed by atoms with Gasteiger partial charge in [0.05, 0.1) is 11.5 Å². The lowest BCUT2D eigenvalue weighted by Crippen LogP contribution is -2.41. The monoisotopic (exact) mass is 430 g/mol. The summed E-state index contributed by atoms with van der Waals surface area (Å²) in [6, 6.07) is 11.9. The van der Waals surface area contributed by atoms with Gasteiger partial charge in [0.15, 0.2) is 0 Å². The third kappa shape index (κ3) is 4.87. The number of benzene rings is 2. The fourth-order valence-corrected chi connectivity index (χ4v) is 3.52. The number of amides is 2. The number of alkyl halides is 3. The Balaban J connectivity index is 1.42. The van der Waals surface area contributed by atoms with Gasteiger partial charge in [-0.3, -0.25) is 0 Å². The van der Waals surface area contributed by atoms with Crippen LogP contribution in [0.25, 0.3) is 11.5 Å². The molecule has 2 aromatic carbocycles. The number of carbonyl (C=O) groups excluding carboxylic acids is 1. The van der Waals surface area contributed by atoms with Crippen molar-refractivity contribution in [3.8, 4) is 11.5 Å². The van der Waals surface area contributed by atoms with Gasteiger partial charge in [-0.1, -0.05) is 17.7 Å². The molecule has 0 aliphatic carbocycles. The molecule has 0 spiro atoms. The Morgan fingerprint density at radius 2 is 1.81 bits per heavy atom. The molecule has 1 aliphatic heterocycles. The lowest BCUT2D eigenvalue weighted by atomic mass is 9.98. The Kier molecular flexibility index (Phi) is 5.67. The van der Waals surface area contributed by atoms with Gasteiger partial charge in [-0.2, -0.15) is 13.2 Å². The van der Waals surface area contributed by atoms with Crippen LogP contribution in [0, 0.1) is 6.92 Å². The maximum atomic E-state index is 12.7. The Morgan fingerprint density at radius 3 is 2.48 bits per heavy atom. The minimum atomic E-state index is -4.40. The van der Waals surface area contributed by atoms with Crippen molar-refractivity contribution in [1.29, 1.82) is 0 Å². The van der Waals surface area contributed by atoms with Crippen molar-refractivity contribution in [1.82, 2.24) is 15.1 Å². The maximum absolute atomic E-state index is 12.7. The molecule has 9 heteroatoms. The number of anilines is 1. The van der Waals surface area contributed by atoms with E-state index in [0.29, 0.717) is 24.5 Å². The Morgan fingerprint density at radius 1 is 1.10 bits per heavy atom. The second-order valence-electron chi connectivity index (χ2n) is 7.60. The second kappa shape index (κ2) is 8.41. The molecule has 1 aliphatic rings. The summed E-state index contributed by atoms with van der Waals surface area (Å²) in [6.45, 7) is 3.02. The van der Waals surface area contributed by atoms with Crippen LogP contribution in [0.4, 0.5) is 23.7 Å². The highest BCUT2D eigenvalue weighted by molar-refractivity contribution is 5.89. The third-order valence-corrected chi connectivity index (χ3v) is 5.26. The van der Waals surface area contributed by atoms with Crippen molar-refractivity contribution in [3.63, 3.8) is 0 Å². The average Bonchev–Trinajstić information content (AvgIpc) is 3.25. The Hall–Kier alpha value is -3.36. The zero-order valence-electron chi connectivity index (χ0n) is 16.8. The van der Waals surface area contributed by atoms with Crippen molar-refractivity contribution in [3.05, 3.63) is 65.5 Å². The molecule has 2 heterocycles. The summed E-state index contributed by atoms with van der Waals surface area (Å²) in [6.07, 6.45) is -2.84. The van der Waals surface area contributed by atoms with E-state index < -0.39 is 11.7 Å². The molecule has 31 heavy (non-hydrogen) atoms. The van der Waals surface area contributed by atoms with Crippen molar-refractivity contribution in [2.45, 2.75) is 31.9 Å². The zero-order valence-corrected chi connectivity index (χ0v) is 16.8. The fourth-order valence-electron chi connectivity index (χ4n) is 3.52. The minimum absolute atomic E-state index is 0.131. The molecule has 162 valence electrons. The highest BCUT2D eigenvalue weighted by Gasteiger charge is 2.31. The molecule has 1 N–H and O–H groups in total. The highest BCUT2D eigenvalue weighted by atomic mass is 19.4. The number of nitrogens with one attached hydrogen (secondary N) is 1. The number of rotatable bonds is 3. The molecule has 1 saturated heterocycles. The molecule has 1 aromatic heterocycles. The number of carbonyl (C=O) groups is 1. The van der Waals surface area contributed by atoms with E-state index in [9.17, 15) is 18.0 Å². The number of halogens is 3. The molecule has 1 atom stereocenters. The molecule has 6 nitrogen and oxygen atoms in total.